The zero-order chi connectivity index (χ0) is 14.8. The molecule has 3 rings (SSSR count). The number of anilines is 1. The normalized spacial score (nSPS) is 12.9. The highest BCUT2D eigenvalue weighted by molar-refractivity contribution is 9.10. The molecule has 1 N–H and O–H groups in total. The van der Waals surface area contributed by atoms with Gasteiger partial charge in [0.05, 0.1) is 0 Å². The molecule has 0 spiro atoms. The number of carbonyl (C=O) groups excluding carboxylic acids is 1. The Morgan fingerprint density at radius 2 is 2.00 bits per heavy atom. The van der Waals surface area contributed by atoms with Gasteiger partial charge in [0.1, 0.15) is 19.0 Å². The number of aryl methyl sites for hydroxylation is 1. The molecule has 0 aliphatic carbocycles. The van der Waals surface area contributed by atoms with Crippen molar-refractivity contribution in [1.82, 2.24) is 4.98 Å². The quantitative estimate of drug-likeness (QED) is 0.905. The number of nitrogens with one attached hydrogen (secondary N) is 1. The monoisotopic (exact) mass is 348 g/mol. The summed E-state index contributed by atoms with van der Waals surface area (Å²) in [6.45, 7) is 2.91. The number of amides is 1. The van der Waals surface area contributed by atoms with Crippen molar-refractivity contribution in [3.05, 3.63) is 46.1 Å². The maximum atomic E-state index is 12.3. The molecule has 0 radical (unpaired) electrons. The van der Waals surface area contributed by atoms with Gasteiger partial charge in [-0.2, -0.15) is 0 Å². The van der Waals surface area contributed by atoms with Crippen LogP contribution in [0.25, 0.3) is 0 Å². The summed E-state index contributed by atoms with van der Waals surface area (Å²) in [4.78, 5) is 16.5. The Morgan fingerprint density at radius 1 is 1.24 bits per heavy atom. The lowest BCUT2D eigenvalue weighted by atomic mass is 10.1. The highest BCUT2D eigenvalue weighted by Crippen LogP contribution is 2.31. The Hall–Kier alpha value is -2.08. The van der Waals surface area contributed by atoms with Gasteiger partial charge in [0, 0.05) is 16.2 Å². The zero-order valence-electron chi connectivity index (χ0n) is 11.4. The van der Waals surface area contributed by atoms with Crippen LogP contribution >= 0.6 is 15.9 Å². The minimum atomic E-state index is -0.232. The Morgan fingerprint density at radius 3 is 2.76 bits per heavy atom. The first-order valence-electron chi connectivity index (χ1n) is 6.46. The number of hydrogen-bond acceptors (Lipinski definition) is 4. The zero-order valence-corrected chi connectivity index (χ0v) is 12.9. The van der Waals surface area contributed by atoms with Crippen molar-refractivity contribution in [2.75, 3.05) is 18.5 Å². The van der Waals surface area contributed by atoms with E-state index in [9.17, 15) is 4.79 Å². The molecule has 0 fully saturated rings. The van der Waals surface area contributed by atoms with Gasteiger partial charge in [0.25, 0.3) is 5.91 Å². The van der Waals surface area contributed by atoms with Gasteiger partial charge in [-0.25, -0.2) is 4.98 Å². The lowest BCUT2D eigenvalue weighted by Gasteiger charge is -2.18. The fourth-order valence-electron chi connectivity index (χ4n) is 2.04. The molecule has 5 nitrogen and oxygen atoms in total. The van der Waals surface area contributed by atoms with Crippen LogP contribution in [-0.4, -0.2) is 24.1 Å². The van der Waals surface area contributed by atoms with Gasteiger partial charge in [0.2, 0.25) is 0 Å². The Bertz CT molecular complexity index is 703. The third kappa shape index (κ3) is 3.00. The molecule has 0 unspecified atom stereocenters. The highest BCUT2D eigenvalue weighted by Gasteiger charge is 2.15. The standard InChI is InChI=1S/C15H13BrN2O3/c1-9-6-11(16)8-17-14(9)18-15(19)10-2-3-12-13(7-10)21-5-4-20-12/h2-3,6-8H,4-5H2,1H3,(H,17,18,19). The van der Waals surface area contributed by atoms with E-state index in [-0.39, 0.29) is 5.91 Å². The number of fused-ring (bicyclic) bond motifs is 1. The number of hydrogen-bond donors (Lipinski definition) is 1. The molecular formula is C15H13BrN2O3. The maximum absolute atomic E-state index is 12.3. The summed E-state index contributed by atoms with van der Waals surface area (Å²) in [5, 5.41) is 2.79. The van der Waals surface area contributed by atoms with Gasteiger partial charge >= 0.3 is 0 Å². The minimum Gasteiger partial charge on any atom is -0.486 e. The van der Waals surface area contributed by atoms with E-state index in [1.165, 1.54) is 0 Å². The van der Waals surface area contributed by atoms with E-state index in [1.807, 2.05) is 13.0 Å². The van der Waals surface area contributed by atoms with E-state index in [0.29, 0.717) is 36.1 Å². The average Bonchev–Trinajstić information content (AvgIpc) is 2.49. The number of aromatic nitrogens is 1. The molecule has 1 aliphatic heterocycles. The largest absolute Gasteiger partial charge is 0.486 e. The van der Waals surface area contributed by atoms with Crippen molar-refractivity contribution in [2.45, 2.75) is 6.92 Å². The van der Waals surface area contributed by atoms with Gasteiger partial charge in [-0.15, -0.1) is 0 Å². The van der Waals surface area contributed by atoms with Crippen molar-refractivity contribution >= 4 is 27.7 Å². The van der Waals surface area contributed by atoms with E-state index < -0.39 is 0 Å². The van der Waals surface area contributed by atoms with E-state index in [4.69, 9.17) is 9.47 Å². The number of benzene rings is 1. The van der Waals surface area contributed by atoms with E-state index in [0.717, 1.165) is 10.0 Å². The summed E-state index contributed by atoms with van der Waals surface area (Å²) in [6, 6.07) is 7.02. The lowest BCUT2D eigenvalue weighted by Crippen LogP contribution is -2.17. The summed E-state index contributed by atoms with van der Waals surface area (Å²) >= 11 is 3.34. The first-order chi connectivity index (χ1) is 10.1. The van der Waals surface area contributed by atoms with Crippen LogP contribution in [-0.2, 0) is 0 Å². The summed E-state index contributed by atoms with van der Waals surface area (Å²) in [7, 11) is 0. The lowest BCUT2D eigenvalue weighted by molar-refractivity contribution is 0.102. The minimum absolute atomic E-state index is 0.232. The number of nitrogens with zero attached hydrogens (tertiary/aromatic N) is 1. The summed E-state index contributed by atoms with van der Waals surface area (Å²) < 4.78 is 11.8. The van der Waals surface area contributed by atoms with Crippen LogP contribution in [0.15, 0.2) is 34.9 Å². The topological polar surface area (TPSA) is 60.5 Å². The molecule has 1 amide bonds. The number of rotatable bonds is 2. The molecule has 0 atom stereocenters. The van der Waals surface area contributed by atoms with Crippen molar-refractivity contribution in [3.8, 4) is 11.5 Å². The summed E-state index contributed by atoms with van der Waals surface area (Å²) in [5.41, 5.74) is 1.39. The molecule has 1 aromatic carbocycles. The molecule has 2 aromatic rings. The fourth-order valence-corrected chi connectivity index (χ4v) is 2.48. The van der Waals surface area contributed by atoms with Crippen LogP contribution < -0.4 is 14.8 Å². The average molecular weight is 349 g/mol. The summed E-state index contributed by atoms with van der Waals surface area (Å²) in [5.74, 6) is 1.56. The smallest absolute Gasteiger partial charge is 0.256 e. The van der Waals surface area contributed by atoms with Crippen LogP contribution in [0.5, 0.6) is 11.5 Å². The predicted octanol–water partition coefficient (Wildman–Crippen LogP) is 3.18. The molecule has 1 aromatic heterocycles. The van der Waals surface area contributed by atoms with Gasteiger partial charge in [0.15, 0.2) is 11.5 Å². The van der Waals surface area contributed by atoms with E-state index in [2.05, 4.69) is 26.2 Å². The third-order valence-corrected chi connectivity index (χ3v) is 3.51. The number of halogens is 1. The number of ether oxygens (including phenoxy) is 2. The SMILES string of the molecule is Cc1cc(Br)cnc1NC(=O)c1ccc2c(c1)OCCO2. The second kappa shape index (κ2) is 5.73. The molecule has 6 heteroatoms. The van der Waals surface area contributed by atoms with Crippen molar-refractivity contribution < 1.29 is 14.3 Å². The molecule has 108 valence electrons. The fraction of sp³-hybridized carbons (Fsp3) is 0.200. The molecule has 0 saturated carbocycles. The first kappa shape index (κ1) is 13.9. The molecule has 2 heterocycles. The molecular weight excluding hydrogens is 336 g/mol. The molecule has 1 aliphatic rings. The van der Waals surface area contributed by atoms with Gasteiger partial charge in [-0.3, -0.25) is 4.79 Å². The first-order valence-corrected chi connectivity index (χ1v) is 7.26. The van der Waals surface area contributed by atoms with Gasteiger partial charge in [-0.05, 0) is 52.7 Å². The van der Waals surface area contributed by atoms with Crippen molar-refractivity contribution in [3.63, 3.8) is 0 Å². The van der Waals surface area contributed by atoms with Gasteiger partial charge < -0.3 is 14.8 Å². The van der Waals surface area contributed by atoms with Crippen LogP contribution in [0.3, 0.4) is 0 Å². The van der Waals surface area contributed by atoms with Gasteiger partial charge in [-0.1, -0.05) is 0 Å². The second-order valence-corrected chi connectivity index (χ2v) is 5.55. The number of carbonyl (C=O) groups is 1. The third-order valence-electron chi connectivity index (χ3n) is 3.08. The Kier molecular flexibility index (Phi) is 3.79. The molecule has 0 saturated heterocycles. The Labute approximate surface area is 130 Å². The summed E-state index contributed by atoms with van der Waals surface area (Å²) in [6.07, 6.45) is 1.65. The second-order valence-electron chi connectivity index (χ2n) is 4.63. The Balaban J connectivity index is 1.82. The van der Waals surface area contributed by atoms with E-state index >= 15 is 0 Å². The number of pyridine rings is 1. The van der Waals surface area contributed by atoms with Crippen molar-refractivity contribution in [2.24, 2.45) is 0 Å². The van der Waals surface area contributed by atoms with Crippen LogP contribution in [0.1, 0.15) is 15.9 Å². The van der Waals surface area contributed by atoms with Crippen molar-refractivity contribution in [1.29, 1.82) is 0 Å². The molecule has 21 heavy (non-hydrogen) atoms. The molecule has 0 bridgehead atoms. The highest BCUT2D eigenvalue weighted by atomic mass is 79.9. The maximum Gasteiger partial charge on any atom is 0.256 e. The van der Waals surface area contributed by atoms with Crippen LogP contribution in [0, 0.1) is 6.92 Å². The predicted molar refractivity (Wildman–Crippen MR) is 82.1 cm³/mol. The van der Waals surface area contributed by atoms with Crippen LogP contribution in [0.4, 0.5) is 5.82 Å². The van der Waals surface area contributed by atoms with E-state index in [1.54, 1.807) is 24.4 Å². The van der Waals surface area contributed by atoms with Crippen LogP contribution in [0.2, 0.25) is 0 Å².